The number of carbonyl (C=O) groups excluding carboxylic acids is 3. The van der Waals surface area contributed by atoms with Crippen molar-refractivity contribution in [1.82, 2.24) is 10.2 Å². The van der Waals surface area contributed by atoms with E-state index in [9.17, 15) is 19.5 Å². The average Bonchev–Trinajstić information content (AvgIpc) is 3.37. The number of amides is 2. The van der Waals surface area contributed by atoms with Crippen molar-refractivity contribution in [2.45, 2.75) is 63.4 Å². The Morgan fingerprint density at radius 1 is 1.32 bits per heavy atom. The first-order valence-corrected chi connectivity index (χ1v) is 11.0. The van der Waals surface area contributed by atoms with E-state index in [0.717, 1.165) is 5.56 Å². The molecule has 2 bridgehead atoms. The Hall–Kier alpha value is -2.45. The van der Waals surface area contributed by atoms with Gasteiger partial charge in [0.2, 0.25) is 11.8 Å². The summed E-state index contributed by atoms with van der Waals surface area (Å²) in [6, 6.07) is 7.34. The van der Waals surface area contributed by atoms with Gasteiger partial charge in [-0.25, -0.2) is 0 Å². The number of carbonyl (C=O) groups is 3. The minimum absolute atomic E-state index is 0.135. The van der Waals surface area contributed by atoms with Gasteiger partial charge in [0.15, 0.2) is 0 Å². The van der Waals surface area contributed by atoms with Gasteiger partial charge in [0.1, 0.15) is 11.6 Å². The largest absolute Gasteiger partial charge is 0.466 e. The van der Waals surface area contributed by atoms with E-state index in [1.54, 1.807) is 6.92 Å². The second kappa shape index (κ2) is 8.24. The van der Waals surface area contributed by atoms with Crippen LogP contribution in [0.5, 0.6) is 0 Å². The van der Waals surface area contributed by atoms with Gasteiger partial charge in [0.25, 0.3) is 0 Å². The Labute approximate surface area is 181 Å². The van der Waals surface area contributed by atoms with Crippen LogP contribution in [0.2, 0.25) is 0 Å². The number of nitrogens with zero attached hydrogens (tertiary/aromatic N) is 1. The Morgan fingerprint density at radius 3 is 2.65 bits per heavy atom. The smallest absolute Gasteiger partial charge is 0.312 e. The first-order valence-electron chi connectivity index (χ1n) is 11.0. The molecule has 4 rings (SSSR count). The SMILES string of the molecule is CCOC(=O)[C@@H]1[C@@H]2CC[C@]3(O2)[C@H](C(=O)NC(C)C)N([C@H](CO)c2ccccc2)C(=O)[C@@H]13. The lowest BCUT2D eigenvalue weighted by molar-refractivity contribution is -0.155. The predicted molar refractivity (Wildman–Crippen MR) is 111 cm³/mol. The molecule has 8 heteroatoms. The molecule has 3 aliphatic heterocycles. The zero-order chi connectivity index (χ0) is 22.3. The minimum Gasteiger partial charge on any atom is -0.466 e. The van der Waals surface area contributed by atoms with Gasteiger partial charge in [-0.2, -0.15) is 0 Å². The maximum Gasteiger partial charge on any atom is 0.312 e. The van der Waals surface area contributed by atoms with Crippen molar-refractivity contribution in [2.24, 2.45) is 11.8 Å². The lowest BCUT2D eigenvalue weighted by Crippen LogP contribution is -2.57. The third-order valence-electron chi connectivity index (χ3n) is 6.67. The molecule has 6 atom stereocenters. The molecule has 1 spiro atoms. The molecule has 2 amide bonds. The van der Waals surface area contributed by atoms with E-state index in [1.807, 2.05) is 44.2 Å². The van der Waals surface area contributed by atoms with Crippen LogP contribution >= 0.6 is 0 Å². The van der Waals surface area contributed by atoms with E-state index in [1.165, 1.54) is 4.90 Å². The number of aliphatic hydroxyl groups excluding tert-OH is 1. The van der Waals surface area contributed by atoms with E-state index >= 15 is 0 Å². The first-order chi connectivity index (χ1) is 14.9. The maximum absolute atomic E-state index is 13.8. The van der Waals surface area contributed by atoms with E-state index < -0.39 is 41.6 Å². The monoisotopic (exact) mass is 430 g/mol. The molecule has 3 heterocycles. The summed E-state index contributed by atoms with van der Waals surface area (Å²) in [7, 11) is 0. The van der Waals surface area contributed by atoms with E-state index in [0.29, 0.717) is 12.8 Å². The Kier molecular flexibility index (Phi) is 5.79. The maximum atomic E-state index is 13.8. The van der Waals surface area contributed by atoms with Crippen molar-refractivity contribution >= 4 is 17.8 Å². The summed E-state index contributed by atoms with van der Waals surface area (Å²) < 4.78 is 11.6. The molecule has 3 fully saturated rings. The number of aliphatic hydroxyl groups is 1. The molecule has 0 aromatic heterocycles. The molecule has 0 unspecified atom stereocenters. The summed E-state index contributed by atoms with van der Waals surface area (Å²) in [5, 5.41) is 13.2. The van der Waals surface area contributed by atoms with Crippen LogP contribution in [0.25, 0.3) is 0 Å². The van der Waals surface area contributed by atoms with Gasteiger partial charge in [-0.15, -0.1) is 0 Å². The molecule has 1 aromatic carbocycles. The topological polar surface area (TPSA) is 105 Å². The fourth-order valence-electron chi connectivity index (χ4n) is 5.63. The number of benzene rings is 1. The molecule has 3 aliphatic rings. The van der Waals surface area contributed by atoms with Crippen molar-refractivity contribution in [3.8, 4) is 0 Å². The van der Waals surface area contributed by atoms with Gasteiger partial charge in [-0.05, 0) is 39.2 Å². The Morgan fingerprint density at radius 2 is 2.03 bits per heavy atom. The highest BCUT2D eigenvalue weighted by molar-refractivity contribution is 5.98. The molecule has 0 saturated carbocycles. The highest BCUT2D eigenvalue weighted by Crippen LogP contribution is 2.59. The Bertz CT molecular complexity index is 859. The van der Waals surface area contributed by atoms with Gasteiger partial charge >= 0.3 is 5.97 Å². The van der Waals surface area contributed by atoms with Crippen molar-refractivity contribution in [3.05, 3.63) is 35.9 Å². The van der Waals surface area contributed by atoms with Gasteiger partial charge in [-0.1, -0.05) is 30.3 Å². The lowest BCUT2D eigenvalue weighted by Gasteiger charge is -2.37. The van der Waals surface area contributed by atoms with Crippen LogP contribution in [-0.4, -0.2) is 64.8 Å². The fraction of sp³-hybridized carbons (Fsp3) is 0.609. The summed E-state index contributed by atoms with van der Waals surface area (Å²) in [4.78, 5) is 41.4. The molecular weight excluding hydrogens is 400 g/mol. The van der Waals surface area contributed by atoms with Crippen LogP contribution in [0.1, 0.15) is 45.2 Å². The third-order valence-corrected chi connectivity index (χ3v) is 6.67. The van der Waals surface area contributed by atoms with E-state index in [2.05, 4.69) is 5.32 Å². The second-order valence-corrected chi connectivity index (χ2v) is 8.83. The normalized spacial score (nSPS) is 32.3. The third kappa shape index (κ3) is 3.32. The number of nitrogens with one attached hydrogen (secondary N) is 1. The van der Waals surface area contributed by atoms with Crippen LogP contribution < -0.4 is 5.32 Å². The van der Waals surface area contributed by atoms with Crippen LogP contribution in [0, 0.1) is 11.8 Å². The van der Waals surface area contributed by atoms with Gasteiger partial charge in [0.05, 0.1) is 37.2 Å². The zero-order valence-electron chi connectivity index (χ0n) is 18.1. The molecule has 31 heavy (non-hydrogen) atoms. The number of hydrogen-bond donors (Lipinski definition) is 2. The predicted octanol–water partition coefficient (Wildman–Crippen LogP) is 1.18. The summed E-state index contributed by atoms with van der Waals surface area (Å²) in [6.45, 7) is 5.28. The molecule has 168 valence electrons. The highest BCUT2D eigenvalue weighted by atomic mass is 16.6. The number of likely N-dealkylation sites (tertiary alicyclic amines) is 1. The van der Waals surface area contributed by atoms with Gasteiger partial charge < -0.3 is 24.8 Å². The van der Waals surface area contributed by atoms with Crippen molar-refractivity contribution in [1.29, 1.82) is 0 Å². The van der Waals surface area contributed by atoms with Crippen molar-refractivity contribution in [2.75, 3.05) is 13.2 Å². The standard InChI is InChI=1S/C23H30N2O6/c1-4-30-22(29)17-16-10-11-23(31-16)18(17)21(28)25(19(23)20(27)24-13(2)3)15(12-26)14-8-6-5-7-9-14/h5-9,13,15-19,26H,4,10-12H2,1-3H3,(H,24,27)/t15-,16+,17-,18-,19+,23-/m1/s1. The molecular formula is C23H30N2O6. The van der Waals surface area contributed by atoms with Gasteiger partial charge in [-0.3, -0.25) is 14.4 Å². The average molecular weight is 431 g/mol. The molecule has 1 aromatic rings. The van der Waals surface area contributed by atoms with Crippen LogP contribution in [0.15, 0.2) is 30.3 Å². The molecule has 8 nitrogen and oxygen atoms in total. The van der Waals surface area contributed by atoms with Crippen LogP contribution in [-0.2, 0) is 23.9 Å². The van der Waals surface area contributed by atoms with E-state index in [-0.39, 0.29) is 31.1 Å². The summed E-state index contributed by atoms with van der Waals surface area (Å²) in [6.07, 6.45) is 0.652. The summed E-state index contributed by atoms with van der Waals surface area (Å²) in [5.74, 6) is -2.67. The van der Waals surface area contributed by atoms with Crippen molar-refractivity contribution in [3.63, 3.8) is 0 Å². The Balaban J connectivity index is 1.80. The highest BCUT2D eigenvalue weighted by Gasteiger charge is 2.75. The first kappa shape index (κ1) is 21.8. The summed E-state index contributed by atoms with van der Waals surface area (Å²) in [5.41, 5.74) is -0.375. The van der Waals surface area contributed by atoms with Gasteiger partial charge in [0, 0.05) is 6.04 Å². The molecule has 0 aliphatic carbocycles. The molecule has 0 radical (unpaired) electrons. The summed E-state index contributed by atoms with van der Waals surface area (Å²) >= 11 is 0. The van der Waals surface area contributed by atoms with E-state index in [4.69, 9.17) is 9.47 Å². The molecule has 2 N–H and O–H groups in total. The van der Waals surface area contributed by atoms with Crippen molar-refractivity contribution < 1.29 is 29.0 Å². The number of fused-ring (bicyclic) bond motifs is 1. The quantitative estimate of drug-likeness (QED) is 0.630. The fourth-order valence-corrected chi connectivity index (χ4v) is 5.63. The van der Waals surface area contributed by atoms with Crippen LogP contribution in [0.3, 0.4) is 0 Å². The lowest BCUT2D eigenvalue weighted by atomic mass is 9.70. The van der Waals surface area contributed by atoms with Crippen LogP contribution in [0.4, 0.5) is 0 Å². The zero-order valence-corrected chi connectivity index (χ0v) is 18.1. The minimum atomic E-state index is -1.10. The number of hydrogen-bond acceptors (Lipinski definition) is 6. The molecule has 3 saturated heterocycles. The number of esters is 1. The second-order valence-electron chi connectivity index (χ2n) is 8.83. The number of ether oxygens (including phenoxy) is 2. The number of rotatable bonds is 7.